The molecule has 2 aromatic carbocycles. The molecule has 4 rings (SSSR count). The number of nitrogens with one attached hydrogen (secondary N) is 1. The van der Waals surface area contributed by atoms with E-state index in [9.17, 15) is 0 Å². The van der Waals surface area contributed by atoms with Crippen molar-refractivity contribution in [2.75, 3.05) is 43.4 Å². The largest absolute Gasteiger partial charge is 0.368 e. The molecule has 1 aromatic heterocycles. The van der Waals surface area contributed by atoms with E-state index in [0.29, 0.717) is 0 Å². The summed E-state index contributed by atoms with van der Waals surface area (Å²) >= 11 is 8.08. The van der Waals surface area contributed by atoms with Crippen LogP contribution >= 0.6 is 23.4 Å². The summed E-state index contributed by atoms with van der Waals surface area (Å²) in [6, 6.07) is 16.8. The molecule has 5 heteroatoms. The lowest BCUT2D eigenvalue weighted by atomic mass is 10.2. The van der Waals surface area contributed by atoms with E-state index in [2.05, 4.69) is 51.2 Å². The van der Waals surface area contributed by atoms with Gasteiger partial charge in [0.15, 0.2) is 0 Å². The monoisotopic (exact) mass is 371 g/mol. The van der Waals surface area contributed by atoms with Crippen LogP contribution in [0.5, 0.6) is 0 Å². The number of anilines is 1. The van der Waals surface area contributed by atoms with E-state index < -0.39 is 0 Å². The van der Waals surface area contributed by atoms with Crippen molar-refractivity contribution in [3.05, 3.63) is 59.8 Å². The van der Waals surface area contributed by atoms with Crippen molar-refractivity contribution in [1.82, 2.24) is 9.88 Å². The van der Waals surface area contributed by atoms with E-state index in [1.54, 1.807) is 0 Å². The molecule has 130 valence electrons. The summed E-state index contributed by atoms with van der Waals surface area (Å²) in [6.45, 7) is 5.51. The van der Waals surface area contributed by atoms with Crippen molar-refractivity contribution < 1.29 is 0 Å². The molecule has 0 aliphatic carbocycles. The highest BCUT2D eigenvalue weighted by Gasteiger charge is 2.18. The minimum atomic E-state index is 0.858. The molecule has 1 aliphatic heterocycles. The van der Waals surface area contributed by atoms with Crippen molar-refractivity contribution in [3.63, 3.8) is 0 Å². The highest BCUT2D eigenvalue weighted by molar-refractivity contribution is 7.99. The van der Waals surface area contributed by atoms with E-state index in [4.69, 9.17) is 11.6 Å². The lowest BCUT2D eigenvalue weighted by Gasteiger charge is -2.36. The fraction of sp³-hybridized carbons (Fsp3) is 0.300. The maximum absolute atomic E-state index is 6.23. The highest BCUT2D eigenvalue weighted by atomic mass is 35.5. The van der Waals surface area contributed by atoms with E-state index >= 15 is 0 Å². The summed E-state index contributed by atoms with van der Waals surface area (Å²) in [6.07, 6.45) is 2.02. The number of nitrogens with zero attached hydrogens (tertiary/aromatic N) is 2. The highest BCUT2D eigenvalue weighted by Crippen LogP contribution is 2.28. The zero-order valence-electron chi connectivity index (χ0n) is 14.1. The van der Waals surface area contributed by atoms with E-state index in [1.807, 2.05) is 30.1 Å². The van der Waals surface area contributed by atoms with E-state index in [0.717, 1.165) is 43.5 Å². The quantitative estimate of drug-likeness (QED) is 0.655. The Morgan fingerprint density at radius 3 is 2.64 bits per heavy atom. The molecule has 0 bridgehead atoms. The molecule has 3 nitrogen and oxygen atoms in total. The number of hydrogen-bond donors (Lipinski definition) is 1. The van der Waals surface area contributed by atoms with Crippen LogP contribution in [0.3, 0.4) is 0 Å². The molecule has 0 spiro atoms. The minimum Gasteiger partial charge on any atom is -0.368 e. The lowest BCUT2D eigenvalue weighted by Crippen LogP contribution is -2.47. The van der Waals surface area contributed by atoms with Crippen LogP contribution in [0, 0.1) is 0 Å². The smallest absolute Gasteiger partial charge is 0.0541 e. The molecule has 0 atom stereocenters. The minimum absolute atomic E-state index is 0.858. The van der Waals surface area contributed by atoms with Gasteiger partial charge >= 0.3 is 0 Å². The number of benzene rings is 2. The maximum atomic E-state index is 6.23. The number of piperazine rings is 1. The Bertz CT molecular complexity index is 840. The summed E-state index contributed by atoms with van der Waals surface area (Å²) in [7, 11) is 0. The van der Waals surface area contributed by atoms with Gasteiger partial charge in [-0.1, -0.05) is 29.8 Å². The van der Waals surface area contributed by atoms with Crippen molar-refractivity contribution >= 4 is 40.0 Å². The Hall–Kier alpha value is -1.62. The Kier molecular flexibility index (Phi) is 5.20. The van der Waals surface area contributed by atoms with Gasteiger partial charge in [-0.15, -0.1) is 11.8 Å². The standard InChI is InChI=1S/C20H22ClN3S/c21-17-4-1-2-7-20(17)25-15-14-23-10-12-24(13-11-23)19-6-3-5-18-16(19)8-9-22-18/h1-9,22H,10-15H2. The van der Waals surface area contributed by atoms with Gasteiger partial charge in [0.2, 0.25) is 0 Å². The number of halogens is 1. The van der Waals surface area contributed by atoms with Crippen LogP contribution in [0.4, 0.5) is 5.69 Å². The van der Waals surface area contributed by atoms with Crippen molar-refractivity contribution in [3.8, 4) is 0 Å². The Morgan fingerprint density at radius 1 is 0.960 bits per heavy atom. The van der Waals surface area contributed by atoms with Crippen LogP contribution in [0.25, 0.3) is 10.9 Å². The van der Waals surface area contributed by atoms with Gasteiger partial charge in [0.05, 0.1) is 5.02 Å². The fourth-order valence-corrected chi connectivity index (χ4v) is 4.65. The second kappa shape index (κ2) is 7.73. The van der Waals surface area contributed by atoms with Crippen LogP contribution in [0.1, 0.15) is 0 Å². The van der Waals surface area contributed by atoms with Gasteiger partial charge in [-0.3, -0.25) is 4.90 Å². The molecule has 0 unspecified atom stereocenters. The number of H-pyrrole nitrogens is 1. The normalized spacial score (nSPS) is 15.8. The molecule has 25 heavy (non-hydrogen) atoms. The number of thioether (sulfide) groups is 1. The SMILES string of the molecule is Clc1ccccc1SCCN1CCN(c2cccc3[nH]ccc23)CC1. The third kappa shape index (κ3) is 3.81. The van der Waals surface area contributed by atoms with Crippen molar-refractivity contribution in [2.45, 2.75) is 4.90 Å². The first-order chi connectivity index (χ1) is 12.3. The number of aromatic nitrogens is 1. The number of fused-ring (bicyclic) bond motifs is 1. The van der Waals surface area contributed by atoms with Gasteiger partial charge in [0.1, 0.15) is 0 Å². The van der Waals surface area contributed by atoms with Crippen molar-refractivity contribution in [2.24, 2.45) is 0 Å². The summed E-state index contributed by atoms with van der Waals surface area (Å²) in [4.78, 5) is 9.55. The van der Waals surface area contributed by atoms with E-state index in [1.165, 1.54) is 21.5 Å². The molecule has 0 amide bonds. The molecule has 1 N–H and O–H groups in total. The second-order valence-electron chi connectivity index (χ2n) is 6.32. The number of rotatable bonds is 5. The average Bonchev–Trinajstić information content (AvgIpc) is 3.13. The zero-order valence-corrected chi connectivity index (χ0v) is 15.7. The van der Waals surface area contributed by atoms with Crippen molar-refractivity contribution in [1.29, 1.82) is 0 Å². The molecule has 0 saturated carbocycles. The third-order valence-corrected chi connectivity index (χ3v) is 6.28. The molecule has 1 fully saturated rings. The maximum Gasteiger partial charge on any atom is 0.0541 e. The first-order valence-corrected chi connectivity index (χ1v) is 10.1. The van der Waals surface area contributed by atoms with Crippen LogP contribution < -0.4 is 4.90 Å². The first kappa shape index (κ1) is 16.8. The second-order valence-corrected chi connectivity index (χ2v) is 7.87. The average molecular weight is 372 g/mol. The summed E-state index contributed by atoms with van der Waals surface area (Å²) < 4.78 is 0. The number of aromatic amines is 1. The Morgan fingerprint density at radius 2 is 1.80 bits per heavy atom. The van der Waals surface area contributed by atoms with Gasteiger partial charge in [-0.2, -0.15) is 0 Å². The molecular weight excluding hydrogens is 350 g/mol. The fourth-order valence-electron chi connectivity index (χ4n) is 3.40. The lowest BCUT2D eigenvalue weighted by molar-refractivity contribution is 0.273. The van der Waals surface area contributed by atoms with Crippen LogP contribution in [0.2, 0.25) is 5.02 Å². The Balaban J connectivity index is 1.30. The van der Waals surface area contributed by atoms with Gasteiger partial charge in [0, 0.05) is 66.2 Å². The summed E-state index contributed by atoms with van der Waals surface area (Å²) in [5, 5.41) is 2.18. The van der Waals surface area contributed by atoms with Gasteiger partial charge in [-0.05, 0) is 30.3 Å². The van der Waals surface area contributed by atoms with Gasteiger partial charge < -0.3 is 9.88 Å². The molecule has 1 aliphatic rings. The topological polar surface area (TPSA) is 22.3 Å². The summed E-state index contributed by atoms with van der Waals surface area (Å²) in [5.74, 6) is 1.08. The van der Waals surface area contributed by atoms with Crippen LogP contribution in [-0.4, -0.2) is 48.4 Å². The molecular formula is C20H22ClN3S. The third-order valence-electron chi connectivity index (χ3n) is 4.79. The predicted octanol–water partition coefficient (Wildman–Crippen LogP) is 4.74. The van der Waals surface area contributed by atoms with E-state index in [-0.39, 0.29) is 0 Å². The zero-order chi connectivity index (χ0) is 17.1. The number of hydrogen-bond acceptors (Lipinski definition) is 3. The van der Waals surface area contributed by atoms with Gasteiger partial charge in [0.25, 0.3) is 0 Å². The van der Waals surface area contributed by atoms with Crippen LogP contribution in [0.15, 0.2) is 59.6 Å². The first-order valence-electron chi connectivity index (χ1n) is 8.72. The van der Waals surface area contributed by atoms with Crippen LogP contribution in [-0.2, 0) is 0 Å². The molecule has 2 heterocycles. The van der Waals surface area contributed by atoms with Gasteiger partial charge in [-0.25, -0.2) is 0 Å². The Labute approximate surface area is 158 Å². The molecule has 0 radical (unpaired) electrons. The molecule has 3 aromatic rings. The summed E-state index contributed by atoms with van der Waals surface area (Å²) in [5.41, 5.74) is 2.57. The molecule has 1 saturated heterocycles. The predicted molar refractivity (Wildman–Crippen MR) is 109 cm³/mol.